The van der Waals surface area contributed by atoms with Crippen molar-refractivity contribution in [1.82, 2.24) is 13.3 Å². The quantitative estimate of drug-likeness (QED) is 0.336. The number of pyridine rings is 1. The summed E-state index contributed by atoms with van der Waals surface area (Å²) in [5.74, 6) is -2.61. The average Bonchev–Trinajstić information content (AvgIpc) is 3.30. The van der Waals surface area contributed by atoms with Crippen LogP contribution in [0, 0.1) is 23.0 Å². The van der Waals surface area contributed by atoms with E-state index in [1.807, 2.05) is 10.8 Å². The molecule has 4 aromatic rings. The predicted molar refractivity (Wildman–Crippen MR) is 135 cm³/mol. The molecule has 0 aliphatic rings. The number of halogens is 2. The maximum atomic E-state index is 15.5. The zero-order valence-electron chi connectivity index (χ0n) is 20.0. The van der Waals surface area contributed by atoms with Crippen molar-refractivity contribution in [3.8, 4) is 6.07 Å². The maximum absolute atomic E-state index is 15.5. The highest BCUT2D eigenvalue weighted by Gasteiger charge is 2.30. The number of aliphatic hydroxyl groups is 1. The Hall–Kier alpha value is -3.90. The Kier molecular flexibility index (Phi) is 7.22. The minimum atomic E-state index is -4.27. The Bertz CT molecular complexity index is 1790. The van der Waals surface area contributed by atoms with Gasteiger partial charge in [-0.05, 0) is 30.3 Å². The van der Waals surface area contributed by atoms with Gasteiger partial charge in [-0.2, -0.15) is 18.0 Å². The van der Waals surface area contributed by atoms with E-state index in [0.29, 0.717) is 0 Å². The molecule has 14 heteroatoms. The summed E-state index contributed by atoms with van der Waals surface area (Å²) in [6.45, 7) is 1.62. The van der Waals surface area contributed by atoms with Crippen molar-refractivity contribution in [3.05, 3.63) is 89.2 Å². The molecule has 0 saturated carbocycles. The minimum Gasteiger partial charge on any atom is -0.383 e. The zero-order valence-corrected chi connectivity index (χ0v) is 21.6. The topological polar surface area (TPSA) is 145 Å². The van der Waals surface area contributed by atoms with Crippen molar-refractivity contribution in [1.29, 1.82) is 5.26 Å². The maximum Gasteiger partial charge on any atom is 0.301 e. The van der Waals surface area contributed by atoms with Gasteiger partial charge in [-0.25, -0.2) is 26.2 Å². The molecule has 0 radical (unpaired) electrons. The van der Waals surface area contributed by atoms with E-state index in [-0.39, 0.29) is 33.6 Å². The van der Waals surface area contributed by atoms with Crippen molar-refractivity contribution in [2.45, 2.75) is 17.9 Å². The first kappa shape index (κ1) is 27.1. The van der Waals surface area contributed by atoms with Gasteiger partial charge in [0, 0.05) is 36.9 Å². The predicted octanol–water partition coefficient (Wildman–Crippen LogP) is 3.11. The number of anilines is 1. The summed E-state index contributed by atoms with van der Waals surface area (Å²) >= 11 is 0. The van der Waals surface area contributed by atoms with Gasteiger partial charge in [-0.15, -0.1) is 0 Å². The van der Waals surface area contributed by atoms with E-state index in [1.165, 1.54) is 37.4 Å². The number of aromatic nitrogens is 2. The lowest BCUT2D eigenvalue weighted by Gasteiger charge is -2.19. The fraction of sp³-hybridized carbons (Fsp3) is 0.167. The molecule has 0 spiro atoms. The molecule has 198 valence electrons. The van der Waals surface area contributed by atoms with Gasteiger partial charge < -0.3 is 5.11 Å². The molecular formula is C24H21F2N5O5S2. The number of nitriles is 1. The Labute approximate surface area is 217 Å². The third kappa shape index (κ3) is 4.72. The van der Waals surface area contributed by atoms with Crippen LogP contribution >= 0.6 is 0 Å². The molecule has 0 aliphatic heterocycles. The van der Waals surface area contributed by atoms with Gasteiger partial charge in [0.05, 0.1) is 21.7 Å². The van der Waals surface area contributed by atoms with Crippen LogP contribution in [0.15, 0.2) is 65.8 Å². The summed E-state index contributed by atoms with van der Waals surface area (Å²) < 4.78 is 85.5. The van der Waals surface area contributed by atoms with Gasteiger partial charge in [-0.3, -0.25) is 4.72 Å². The Balaban J connectivity index is 1.92. The van der Waals surface area contributed by atoms with Crippen LogP contribution in [0.3, 0.4) is 0 Å². The van der Waals surface area contributed by atoms with Gasteiger partial charge in [0.15, 0.2) is 11.5 Å². The lowest BCUT2D eigenvalue weighted by atomic mass is 9.99. The van der Waals surface area contributed by atoms with E-state index in [2.05, 4.69) is 4.98 Å². The Morgan fingerprint density at radius 3 is 2.47 bits per heavy atom. The van der Waals surface area contributed by atoms with Crippen LogP contribution in [-0.2, 0) is 20.2 Å². The number of hydrogen-bond acceptors (Lipinski definition) is 7. The highest BCUT2D eigenvalue weighted by molar-refractivity contribution is 7.90. The standard InChI is InChI=1S/C24H21F2N5O5S2/c1-3-30(2)38(35,36)29-20-10-9-19(25)21(22(20)26)23(32)18-14-31(24-17(18)11-15(12-27)13-28-24)37(33,34)16-7-5-4-6-8-16/h4-11,13-14,23,29,32H,3H2,1-2H3. The number of nitrogens with one attached hydrogen (secondary N) is 1. The Morgan fingerprint density at radius 2 is 1.84 bits per heavy atom. The molecule has 2 aromatic heterocycles. The molecule has 1 atom stereocenters. The van der Waals surface area contributed by atoms with E-state index in [9.17, 15) is 31.6 Å². The summed E-state index contributed by atoms with van der Waals surface area (Å²) in [6, 6.07) is 12.0. The third-order valence-corrected chi connectivity index (χ3v) is 9.08. The van der Waals surface area contributed by atoms with Crippen LogP contribution in [0.25, 0.3) is 11.0 Å². The third-order valence-electron chi connectivity index (χ3n) is 5.86. The average molecular weight is 562 g/mol. The SMILES string of the molecule is CCN(C)S(=O)(=O)Nc1ccc(F)c(C(O)c2cn(S(=O)(=O)c3ccccc3)c3ncc(C#N)cc23)c1F. The van der Waals surface area contributed by atoms with Crippen LogP contribution < -0.4 is 4.72 Å². The molecule has 1 unspecified atom stereocenters. The zero-order chi connectivity index (χ0) is 27.8. The number of aliphatic hydroxyl groups excluding tert-OH is 1. The molecule has 10 nitrogen and oxygen atoms in total. The first-order chi connectivity index (χ1) is 17.9. The highest BCUT2D eigenvalue weighted by Crippen LogP contribution is 2.36. The van der Waals surface area contributed by atoms with Crippen LogP contribution in [0.4, 0.5) is 14.5 Å². The van der Waals surface area contributed by atoms with Crippen molar-refractivity contribution < 1.29 is 30.7 Å². The van der Waals surface area contributed by atoms with Crippen LogP contribution in [0.5, 0.6) is 0 Å². The van der Waals surface area contributed by atoms with Gasteiger partial charge in [0.25, 0.3) is 10.0 Å². The molecule has 2 N–H and O–H groups in total. The monoisotopic (exact) mass is 561 g/mol. The lowest BCUT2D eigenvalue weighted by molar-refractivity contribution is 0.210. The van der Waals surface area contributed by atoms with Gasteiger partial charge >= 0.3 is 10.2 Å². The van der Waals surface area contributed by atoms with Crippen LogP contribution in [0.2, 0.25) is 0 Å². The van der Waals surface area contributed by atoms with E-state index in [1.54, 1.807) is 13.0 Å². The number of rotatable bonds is 8. The number of fused-ring (bicyclic) bond motifs is 1. The lowest BCUT2D eigenvalue weighted by Crippen LogP contribution is -2.32. The molecule has 4 rings (SSSR count). The number of hydrogen-bond donors (Lipinski definition) is 2. The fourth-order valence-corrected chi connectivity index (χ4v) is 6.00. The summed E-state index contributed by atoms with van der Waals surface area (Å²) in [5.41, 5.74) is -2.01. The summed E-state index contributed by atoms with van der Waals surface area (Å²) in [4.78, 5) is 3.93. The number of nitrogens with zero attached hydrogens (tertiary/aromatic N) is 4. The van der Waals surface area contributed by atoms with E-state index >= 15 is 4.39 Å². The van der Waals surface area contributed by atoms with Gasteiger partial charge in [0.2, 0.25) is 0 Å². The molecule has 0 aliphatic carbocycles. The summed E-state index contributed by atoms with van der Waals surface area (Å²) in [6.07, 6.45) is -0.0169. The molecule has 38 heavy (non-hydrogen) atoms. The molecule has 0 bridgehead atoms. The van der Waals surface area contributed by atoms with Gasteiger partial charge in [-0.1, -0.05) is 25.1 Å². The van der Waals surface area contributed by atoms with Crippen LogP contribution in [-0.4, -0.2) is 48.8 Å². The molecule has 2 aromatic carbocycles. The van der Waals surface area contributed by atoms with Crippen molar-refractivity contribution in [2.24, 2.45) is 0 Å². The van der Waals surface area contributed by atoms with E-state index in [0.717, 1.165) is 32.8 Å². The van der Waals surface area contributed by atoms with Gasteiger partial charge in [0.1, 0.15) is 18.0 Å². The molecule has 0 amide bonds. The fourth-order valence-electron chi connectivity index (χ4n) is 3.71. The Morgan fingerprint density at radius 1 is 1.16 bits per heavy atom. The second kappa shape index (κ2) is 10.1. The smallest absolute Gasteiger partial charge is 0.301 e. The van der Waals surface area contributed by atoms with E-state index < -0.39 is 49.2 Å². The summed E-state index contributed by atoms with van der Waals surface area (Å²) in [7, 11) is -7.20. The summed E-state index contributed by atoms with van der Waals surface area (Å²) in [5, 5.41) is 20.4. The second-order valence-corrected chi connectivity index (χ2v) is 11.7. The van der Waals surface area contributed by atoms with Crippen molar-refractivity contribution in [3.63, 3.8) is 0 Å². The van der Waals surface area contributed by atoms with Crippen LogP contribution in [0.1, 0.15) is 29.7 Å². The normalized spacial score (nSPS) is 13.0. The second-order valence-electron chi connectivity index (χ2n) is 8.15. The number of benzene rings is 2. The molecular weight excluding hydrogens is 540 g/mol. The minimum absolute atomic E-state index is 0.00543. The highest BCUT2D eigenvalue weighted by atomic mass is 32.2. The van der Waals surface area contributed by atoms with Crippen molar-refractivity contribution in [2.75, 3.05) is 18.3 Å². The largest absolute Gasteiger partial charge is 0.383 e. The molecule has 2 heterocycles. The molecule has 0 fully saturated rings. The van der Waals surface area contributed by atoms with Crippen molar-refractivity contribution >= 4 is 37.0 Å². The van der Waals surface area contributed by atoms with E-state index in [4.69, 9.17) is 0 Å². The first-order valence-corrected chi connectivity index (χ1v) is 13.9. The molecule has 0 saturated heterocycles. The first-order valence-electron chi connectivity index (χ1n) is 11.0.